The molecule has 0 fully saturated rings. The van der Waals surface area contributed by atoms with Crippen LogP contribution in [0.25, 0.3) is 83.3 Å². The van der Waals surface area contributed by atoms with Crippen LogP contribution in [0.1, 0.15) is 5.56 Å². The van der Waals surface area contributed by atoms with E-state index in [1.165, 1.54) is 21.8 Å². The highest BCUT2D eigenvalue weighted by Gasteiger charge is 2.21. The molecule has 0 saturated heterocycles. The van der Waals surface area contributed by atoms with Crippen LogP contribution in [-0.2, 0) is 0 Å². The number of hydrogen-bond acceptors (Lipinski definition) is 4. The molecule has 9 rings (SSSR count). The van der Waals surface area contributed by atoms with Gasteiger partial charge in [-0.1, -0.05) is 103 Å². The molecule has 214 valence electrons. The molecule has 0 bridgehead atoms. The summed E-state index contributed by atoms with van der Waals surface area (Å²) in [7, 11) is 0. The fourth-order valence-corrected chi connectivity index (χ4v) is 6.56. The Morgan fingerprint density at radius 1 is 0.587 bits per heavy atom. The first-order valence-electron chi connectivity index (χ1n) is 15.1. The van der Waals surface area contributed by atoms with Crippen molar-refractivity contribution in [3.63, 3.8) is 0 Å². The highest BCUT2D eigenvalue weighted by Crippen LogP contribution is 2.41. The van der Waals surface area contributed by atoms with Gasteiger partial charge in [0, 0.05) is 27.6 Å². The Balaban J connectivity index is 1.30. The zero-order valence-corrected chi connectivity index (χ0v) is 24.6. The van der Waals surface area contributed by atoms with E-state index in [-0.39, 0.29) is 0 Å². The average molecular weight is 589 g/mol. The SMILES string of the molecule is N#Cc1ccc(-c2nc(-c3ccccc3)nc3c2oc2cccc(-c4cccc(-n5c6ccccc6c6ccccc65)c4)c23)cc1. The number of nitrogens with zero attached hydrogens (tertiary/aromatic N) is 4. The third-order valence-electron chi connectivity index (χ3n) is 8.66. The third kappa shape index (κ3) is 4.02. The number of hydrogen-bond donors (Lipinski definition) is 0. The van der Waals surface area contributed by atoms with Crippen LogP contribution in [0.3, 0.4) is 0 Å². The Hall–Kier alpha value is -6.51. The minimum Gasteiger partial charge on any atom is -0.452 e. The Morgan fingerprint density at radius 3 is 2.00 bits per heavy atom. The second-order valence-corrected chi connectivity index (χ2v) is 11.3. The maximum Gasteiger partial charge on any atom is 0.180 e. The molecule has 0 saturated carbocycles. The number of aromatic nitrogens is 3. The van der Waals surface area contributed by atoms with E-state index < -0.39 is 0 Å². The van der Waals surface area contributed by atoms with Crippen LogP contribution in [0.5, 0.6) is 0 Å². The number of benzene rings is 6. The summed E-state index contributed by atoms with van der Waals surface area (Å²) in [6.07, 6.45) is 0. The minimum absolute atomic E-state index is 0.590. The zero-order chi connectivity index (χ0) is 30.6. The average Bonchev–Trinajstić information content (AvgIpc) is 3.68. The number of rotatable bonds is 4. The highest BCUT2D eigenvalue weighted by atomic mass is 16.3. The van der Waals surface area contributed by atoms with Gasteiger partial charge < -0.3 is 8.98 Å². The first kappa shape index (κ1) is 25.9. The molecule has 0 aliphatic heterocycles. The second-order valence-electron chi connectivity index (χ2n) is 11.3. The van der Waals surface area contributed by atoms with E-state index in [4.69, 9.17) is 14.4 Å². The molecule has 0 spiro atoms. The molecule has 0 unspecified atom stereocenters. The van der Waals surface area contributed by atoms with Crippen LogP contribution in [0.4, 0.5) is 0 Å². The predicted molar refractivity (Wildman–Crippen MR) is 185 cm³/mol. The van der Waals surface area contributed by atoms with Crippen LogP contribution in [-0.4, -0.2) is 14.5 Å². The lowest BCUT2D eigenvalue weighted by molar-refractivity contribution is 0.667. The van der Waals surface area contributed by atoms with E-state index in [2.05, 4.69) is 89.5 Å². The first-order chi connectivity index (χ1) is 22.8. The van der Waals surface area contributed by atoms with Crippen LogP contribution in [0.2, 0.25) is 0 Å². The quantitative estimate of drug-likeness (QED) is 0.205. The molecular weight excluding hydrogens is 564 g/mol. The number of nitriles is 1. The standard InChI is InChI=1S/C41H24N4O/c42-25-26-20-22-27(23-21-26)38-40-39(44-41(43-38)28-10-2-1-3-11-28)37-31(16-9-19-36(37)46-40)29-12-8-13-30(24-29)45-34-17-6-4-14-32(34)33-15-5-7-18-35(33)45/h1-24H. The second kappa shape index (κ2) is 10.3. The molecule has 5 heteroatoms. The molecule has 5 nitrogen and oxygen atoms in total. The van der Waals surface area contributed by atoms with Gasteiger partial charge in [-0.15, -0.1) is 0 Å². The van der Waals surface area contributed by atoms with Crippen molar-refractivity contribution in [1.82, 2.24) is 14.5 Å². The Morgan fingerprint density at radius 2 is 1.26 bits per heavy atom. The van der Waals surface area contributed by atoms with E-state index in [0.29, 0.717) is 22.7 Å². The number of fused-ring (bicyclic) bond motifs is 6. The molecule has 0 amide bonds. The Kier molecular flexibility index (Phi) is 5.81. The van der Waals surface area contributed by atoms with Crippen LogP contribution in [0, 0.1) is 11.3 Å². The first-order valence-corrected chi connectivity index (χ1v) is 15.1. The lowest BCUT2D eigenvalue weighted by Gasteiger charge is -2.11. The van der Waals surface area contributed by atoms with Gasteiger partial charge >= 0.3 is 0 Å². The van der Waals surface area contributed by atoms with Crippen LogP contribution >= 0.6 is 0 Å². The van der Waals surface area contributed by atoms with E-state index >= 15 is 0 Å². The molecule has 46 heavy (non-hydrogen) atoms. The van der Waals surface area contributed by atoms with Crippen molar-refractivity contribution >= 4 is 43.9 Å². The maximum atomic E-state index is 9.39. The summed E-state index contributed by atoms with van der Waals surface area (Å²) in [6, 6.07) is 51.6. The Bertz CT molecular complexity index is 2590. The van der Waals surface area contributed by atoms with Gasteiger partial charge in [-0.3, -0.25) is 0 Å². The number of furan rings is 1. The Labute approximate surface area is 264 Å². The van der Waals surface area contributed by atoms with Gasteiger partial charge in [0.1, 0.15) is 16.8 Å². The van der Waals surface area contributed by atoms with E-state index in [0.717, 1.165) is 44.4 Å². The third-order valence-corrected chi connectivity index (χ3v) is 8.66. The van der Waals surface area contributed by atoms with Crippen molar-refractivity contribution in [3.05, 3.63) is 151 Å². The van der Waals surface area contributed by atoms with Crippen molar-refractivity contribution in [1.29, 1.82) is 5.26 Å². The van der Waals surface area contributed by atoms with Crippen LogP contribution < -0.4 is 0 Å². The van der Waals surface area contributed by atoms with Gasteiger partial charge in [-0.05, 0) is 53.6 Å². The largest absolute Gasteiger partial charge is 0.452 e. The summed E-state index contributed by atoms with van der Waals surface area (Å²) in [6.45, 7) is 0. The molecule has 9 aromatic rings. The summed E-state index contributed by atoms with van der Waals surface area (Å²) in [5.74, 6) is 0.615. The number of para-hydroxylation sites is 2. The van der Waals surface area contributed by atoms with E-state index in [1.807, 2.05) is 54.6 Å². The molecule has 0 atom stereocenters. The lowest BCUT2D eigenvalue weighted by Crippen LogP contribution is -1.95. The predicted octanol–water partition coefficient (Wildman–Crippen LogP) is 10.3. The molecule has 3 heterocycles. The molecular formula is C41H24N4O. The van der Waals surface area contributed by atoms with E-state index in [9.17, 15) is 5.26 Å². The van der Waals surface area contributed by atoms with Gasteiger partial charge in [-0.2, -0.15) is 5.26 Å². The van der Waals surface area contributed by atoms with Gasteiger partial charge in [0.15, 0.2) is 11.4 Å². The van der Waals surface area contributed by atoms with Crippen molar-refractivity contribution in [2.75, 3.05) is 0 Å². The van der Waals surface area contributed by atoms with Gasteiger partial charge in [0.2, 0.25) is 0 Å². The highest BCUT2D eigenvalue weighted by molar-refractivity contribution is 6.14. The molecule has 0 aliphatic rings. The normalized spacial score (nSPS) is 11.5. The maximum absolute atomic E-state index is 9.39. The van der Waals surface area contributed by atoms with Crippen molar-refractivity contribution < 1.29 is 4.42 Å². The summed E-state index contributed by atoms with van der Waals surface area (Å²) >= 11 is 0. The molecule has 6 aromatic carbocycles. The van der Waals surface area contributed by atoms with Crippen molar-refractivity contribution in [2.45, 2.75) is 0 Å². The molecule has 0 aliphatic carbocycles. The van der Waals surface area contributed by atoms with Crippen molar-refractivity contribution in [3.8, 4) is 45.5 Å². The zero-order valence-electron chi connectivity index (χ0n) is 24.6. The molecule has 3 aromatic heterocycles. The molecule has 0 radical (unpaired) electrons. The van der Waals surface area contributed by atoms with E-state index in [1.54, 1.807) is 12.1 Å². The summed E-state index contributed by atoms with van der Waals surface area (Å²) in [4.78, 5) is 10.1. The summed E-state index contributed by atoms with van der Waals surface area (Å²) in [5.41, 5.74) is 10.7. The van der Waals surface area contributed by atoms with Gasteiger partial charge in [0.05, 0.1) is 28.1 Å². The summed E-state index contributed by atoms with van der Waals surface area (Å²) < 4.78 is 8.90. The minimum atomic E-state index is 0.590. The lowest BCUT2D eigenvalue weighted by atomic mass is 10.00. The van der Waals surface area contributed by atoms with Crippen molar-refractivity contribution in [2.24, 2.45) is 0 Å². The van der Waals surface area contributed by atoms with Gasteiger partial charge in [-0.25, -0.2) is 9.97 Å². The van der Waals surface area contributed by atoms with Gasteiger partial charge in [0.25, 0.3) is 0 Å². The topological polar surface area (TPSA) is 67.6 Å². The van der Waals surface area contributed by atoms with Crippen LogP contribution in [0.15, 0.2) is 150 Å². The fourth-order valence-electron chi connectivity index (χ4n) is 6.56. The fraction of sp³-hybridized carbons (Fsp3) is 0. The summed E-state index contributed by atoms with van der Waals surface area (Å²) in [5, 5.41) is 12.8. The molecule has 0 N–H and O–H groups in total. The monoisotopic (exact) mass is 588 g/mol. The smallest absolute Gasteiger partial charge is 0.180 e.